The summed E-state index contributed by atoms with van der Waals surface area (Å²) in [5.74, 6) is 0. The van der Waals surface area contributed by atoms with E-state index in [1.165, 1.54) is 15.3 Å². The number of nitrogens with zero attached hydrogens (tertiary/aromatic N) is 5. The van der Waals surface area contributed by atoms with Crippen LogP contribution in [0.15, 0.2) is 35.5 Å². The molecule has 25 heavy (non-hydrogen) atoms. The summed E-state index contributed by atoms with van der Waals surface area (Å²) in [6.45, 7) is 1.47. The fourth-order valence-electron chi connectivity index (χ4n) is 3.30. The SMILES string of the molecule is O=S(=O)(c1cccc(-n2cnnn2)c1)N1CCCCC1C1OCCO1. The maximum atomic E-state index is 13.2. The topological polar surface area (TPSA) is 99.4 Å². The molecule has 0 radical (unpaired) electrons. The number of piperidine rings is 1. The van der Waals surface area contributed by atoms with Crippen LogP contribution >= 0.6 is 0 Å². The number of hydrogen-bond donors (Lipinski definition) is 0. The van der Waals surface area contributed by atoms with Crippen LogP contribution < -0.4 is 0 Å². The molecule has 1 atom stereocenters. The minimum atomic E-state index is -3.67. The van der Waals surface area contributed by atoms with Crippen molar-refractivity contribution in [3.05, 3.63) is 30.6 Å². The first kappa shape index (κ1) is 16.6. The lowest BCUT2D eigenvalue weighted by Crippen LogP contribution is -2.50. The zero-order valence-corrected chi connectivity index (χ0v) is 14.4. The lowest BCUT2D eigenvalue weighted by molar-refractivity contribution is -0.0913. The molecule has 134 valence electrons. The normalized spacial score (nSPS) is 23.1. The lowest BCUT2D eigenvalue weighted by atomic mass is 10.0. The monoisotopic (exact) mass is 365 g/mol. The molecule has 0 aliphatic carbocycles. The molecule has 2 aromatic rings. The second-order valence-electron chi connectivity index (χ2n) is 6.04. The summed E-state index contributed by atoms with van der Waals surface area (Å²) in [5, 5.41) is 11.0. The van der Waals surface area contributed by atoms with Crippen molar-refractivity contribution in [3.8, 4) is 5.69 Å². The van der Waals surface area contributed by atoms with E-state index in [0.717, 1.165) is 19.3 Å². The maximum absolute atomic E-state index is 13.2. The molecule has 2 fully saturated rings. The number of benzene rings is 1. The highest BCUT2D eigenvalue weighted by molar-refractivity contribution is 7.89. The van der Waals surface area contributed by atoms with Gasteiger partial charge in [0.1, 0.15) is 6.33 Å². The van der Waals surface area contributed by atoms with Crippen molar-refractivity contribution < 1.29 is 17.9 Å². The highest BCUT2D eigenvalue weighted by atomic mass is 32.2. The van der Waals surface area contributed by atoms with Gasteiger partial charge in [0, 0.05) is 6.54 Å². The molecule has 10 heteroatoms. The Morgan fingerprint density at radius 3 is 2.76 bits per heavy atom. The Bertz CT molecular complexity index is 820. The van der Waals surface area contributed by atoms with Crippen molar-refractivity contribution in [2.45, 2.75) is 36.5 Å². The van der Waals surface area contributed by atoms with Gasteiger partial charge in [0.2, 0.25) is 10.0 Å². The van der Waals surface area contributed by atoms with Crippen molar-refractivity contribution in [1.82, 2.24) is 24.5 Å². The summed E-state index contributed by atoms with van der Waals surface area (Å²) >= 11 is 0. The largest absolute Gasteiger partial charge is 0.349 e. The number of hydrogen-bond acceptors (Lipinski definition) is 7. The van der Waals surface area contributed by atoms with Crippen LogP contribution in [0.25, 0.3) is 5.69 Å². The van der Waals surface area contributed by atoms with Gasteiger partial charge in [0.05, 0.1) is 29.8 Å². The van der Waals surface area contributed by atoms with E-state index in [4.69, 9.17) is 9.47 Å². The standard InChI is InChI=1S/C15H19N5O4S/c21-25(22,13-5-3-4-12(10-13)19-11-16-17-18-19)20-7-2-1-6-14(20)15-23-8-9-24-15/h3-5,10-11,14-15H,1-2,6-9H2. The summed E-state index contributed by atoms with van der Waals surface area (Å²) in [6, 6.07) is 6.31. The molecule has 1 aromatic heterocycles. The van der Waals surface area contributed by atoms with Crippen molar-refractivity contribution in [2.24, 2.45) is 0 Å². The van der Waals surface area contributed by atoms with Gasteiger partial charge in [-0.2, -0.15) is 4.31 Å². The third kappa shape index (κ3) is 3.17. The Morgan fingerprint density at radius 1 is 1.16 bits per heavy atom. The van der Waals surface area contributed by atoms with E-state index >= 15 is 0 Å². The van der Waals surface area contributed by atoms with E-state index in [9.17, 15) is 8.42 Å². The van der Waals surface area contributed by atoms with Gasteiger partial charge < -0.3 is 9.47 Å². The number of tetrazole rings is 1. The molecule has 3 heterocycles. The van der Waals surface area contributed by atoms with Crippen molar-refractivity contribution in [2.75, 3.05) is 19.8 Å². The van der Waals surface area contributed by atoms with E-state index in [-0.39, 0.29) is 10.9 Å². The minimum Gasteiger partial charge on any atom is -0.349 e. The van der Waals surface area contributed by atoms with Gasteiger partial charge in [-0.05, 0) is 41.5 Å². The summed E-state index contributed by atoms with van der Waals surface area (Å²) in [4.78, 5) is 0.213. The van der Waals surface area contributed by atoms with Crippen LogP contribution in [0, 0.1) is 0 Å². The Balaban J connectivity index is 1.67. The number of aromatic nitrogens is 4. The highest BCUT2D eigenvalue weighted by Crippen LogP contribution is 2.30. The fraction of sp³-hybridized carbons (Fsp3) is 0.533. The van der Waals surface area contributed by atoms with Gasteiger partial charge >= 0.3 is 0 Å². The van der Waals surface area contributed by atoms with E-state index in [2.05, 4.69) is 15.5 Å². The van der Waals surface area contributed by atoms with Crippen LogP contribution in [0.4, 0.5) is 0 Å². The predicted molar refractivity (Wildman–Crippen MR) is 86.4 cm³/mol. The molecular weight excluding hydrogens is 346 g/mol. The Labute approximate surface area is 145 Å². The summed E-state index contributed by atoms with van der Waals surface area (Å²) in [6.07, 6.45) is 3.46. The number of sulfonamides is 1. The fourth-order valence-corrected chi connectivity index (χ4v) is 5.02. The Kier molecular flexibility index (Phi) is 4.50. The third-order valence-electron chi connectivity index (χ3n) is 4.50. The summed E-state index contributed by atoms with van der Waals surface area (Å²) in [5.41, 5.74) is 0.591. The smallest absolute Gasteiger partial charge is 0.243 e. The van der Waals surface area contributed by atoms with Crippen LogP contribution in [-0.4, -0.2) is 65.0 Å². The second-order valence-corrected chi connectivity index (χ2v) is 7.93. The highest BCUT2D eigenvalue weighted by Gasteiger charge is 2.40. The molecule has 9 nitrogen and oxygen atoms in total. The first-order chi connectivity index (χ1) is 12.2. The average Bonchev–Trinajstić information content (AvgIpc) is 3.35. The van der Waals surface area contributed by atoms with Gasteiger partial charge in [-0.3, -0.25) is 0 Å². The van der Waals surface area contributed by atoms with Gasteiger partial charge in [-0.25, -0.2) is 13.1 Å². The first-order valence-corrected chi connectivity index (χ1v) is 9.69. The van der Waals surface area contributed by atoms with E-state index in [1.54, 1.807) is 24.3 Å². The Hall–Kier alpha value is -1.88. The number of rotatable bonds is 4. The molecule has 1 unspecified atom stereocenters. The van der Waals surface area contributed by atoms with Crippen LogP contribution in [0.3, 0.4) is 0 Å². The molecule has 0 N–H and O–H groups in total. The van der Waals surface area contributed by atoms with Crippen LogP contribution in [0.5, 0.6) is 0 Å². The third-order valence-corrected chi connectivity index (χ3v) is 6.42. The molecule has 4 rings (SSSR count). The summed E-state index contributed by atoms with van der Waals surface area (Å²) in [7, 11) is -3.67. The van der Waals surface area contributed by atoms with Crippen molar-refractivity contribution in [3.63, 3.8) is 0 Å². The molecule has 2 saturated heterocycles. The minimum absolute atomic E-state index is 0.213. The maximum Gasteiger partial charge on any atom is 0.243 e. The zero-order chi connectivity index (χ0) is 17.3. The van der Waals surface area contributed by atoms with Crippen molar-refractivity contribution in [1.29, 1.82) is 0 Å². The van der Waals surface area contributed by atoms with Crippen LogP contribution in [0.1, 0.15) is 19.3 Å². The predicted octanol–water partition coefficient (Wildman–Crippen LogP) is 0.578. The molecule has 0 bridgehead atoms. The first-order valence-electron chi connectivity index (χ1n) is 8.25. The average molecular weight is 365 g/mol. The second kappa shape index (κ2) is 6.79. The Morgan fingerprint density at radius 2 is 2.00 bits per heavy atom. The lowest BCUT2D eigenvalue weighted by Gasteiger charge is -2.36. The van der Waals surface area contributed by atoms with E-state index < -0.39 is 16.3 Å². The van der Waals surface area contributed by atoms with Crippen molar-refractivity contribution >= 4 is 10.0 Å². The van der Waals surface area contributed by atoms with Gasteiger partial charge in [0.15, 0.2) is 6.29 Å². The molecule has 0 amide bonds. The quantitative estimate of drug-likeness (QED) is 0.781. The van der Waals surface area contributed by atoms with E-state index in [1.807, 2.05) is 0 Å². The molecule has 1 aromatic carbocycles. The van der Waals surface area contributed by atoms with Gasteiger partial charge in [-0.1, -0.05) is 12.5 Å². The molecular formula is C15H19N5O4S. The van der Waals surface area contributed by atoms with Gasteiger partial charge in [-0.15, -0.1) is 5.10 Å². The summed E-state index contributed by atoms with van der Waals surface area (Å²) < 4.78 is 40.6. The molecule has 2 aliphatic heterocycles. The zero-order valence-electron chi connectivity index (χ0n) is 13.6. The van der Waals surface area contributed by atoms with Gasteiger partial charge in [0.25, 0.3) is 0 Å². The molecule has 2 aliphatic rings. The molecule has 0 spiro atoms. The van der Waals surface area contributed by atoms with Crippen LogP contribution in [-0.2, 0) is 19.5 Å². The number of ether oxygens (including phenoxy) is 2. The molecule has 0 saturated carbocycles. The van der Waals surface area contributed by atoms with Crippen LogP contribution in [0.2, 0.25) is 0 Å². The van der Waals surface area contributed by atoms with E-state index in [0.29, 0.717) is 25.4 Å².